The van der Waals surface area contributed by atoms with E-state index in [9.17, 15) is 9.90 Å². The fourth-order valence-corrected chi connectivity index (χ4v) is 4.84. The van der Waals surface area contributed by atoms with Gasteiger partial charge in [0.2, 0.25) is 0 Å². The van der Waals surface area contributed by atoms with E-state index < -0.39 is 6.10 Å². The molecule has 0 bridgehead atoms. The van der Waals surface area contributed by atoms with Crippen LogP contribution >= 0.6 is 0 Å². The first-order valence-electron chi connectivity index (χ1n) is 12.4. The van der Waals surface area contributed by atoms with Crippen LogP contribution in [-0.4, -0.2) is 48.3 Å². The standard InChI is InChI=1S/C30H35NO4/c1-23(32)35-29(25-11-5-2-6-12-25)22-31-19-17-24(28(33)21-31)18-20-34-30(26-13-7-3-8-14-26)27-15-9-4-10-16-27/h2-16,24,28-30,33H,17-22H2,1H3/t24-,28+,29+/m1/s1. The lowest BCUT2D eigenvalue weighted by atomic mass is 9.90. The lowest BCUT2D eigenvalue weighted by Crippen LogP contribution is -2.45. The number of nitrogens with zero attached hydrogens (tertiary/aromatic N) is 1. The molecule has 3 aromatic rings. The number of carbonyl (C=O) groups excluding carboxylic acids is 1. The number of hydrogen-bond acceptors (Lipinski definition) is 5. The molecule has 3 aromatic carbocycles. The second kappa shape index (κ2) is 12.6. The summed E-state index contributed by atoms with van der Waals surface area (Å²) >= 11 is 0. The first kappa shape index (κ1) is 25.1. The summed E-state index contributed by atoms with van der Waals surface area (Å²) in [5, 5.41) is 10.9. The van der Waals surface area contributed by atoms with Crippen molar-refractivity contribution in [3.05, 3.63) is 108 Å². The van der Waals surface area contributed by atoms with E-state index in [0.29, 0.717) is 19.7 Å². The summed E-state index contributed by atoms with van der Waals surface area (Å²) in [6.07, 6.45) is 0.793. The van der Waals surface area contributed by atoms with Gasteiger partial charge in [0, 0.05) is 26.6 Å². The van der Waals surface area contributed by atoms with Crippen LogP contribution in [0.2, 0.25) is 0 Å². The van der Waals surface area contributed by atoms with Gasteiger partial charge in [-0.3, -0.25) is 9.69 Å². The van der Waals surface area contributed by atoms with Crippen LogP contribution in [0, 0.1) is 5.92 Å². The van der Waals surface area contributed by atoms with Crippen LogP contribution in [0.3, 0.4) is 0 Å². The van der Waals surface area contributed by atoms with E-state index in [1.54, 1.807) is 0 Å². The lowest BCUT2D eigenvalue weighted by molar-refractivity contribution is -0.148. The Balaban J connectivity index is 1.31. The minimum Gasteiger partial charge on any atom is -0.456 e. The van der Waals surface area contributed by atoms with E-state index in [2.05, 4.69) is 29.2 Å². The zero-order chi connectivity index (χ0) is 24.5. The number of carbonyl (C=O) groups is 1. The monoisotopic (exact) mass is 473 g/mol. The van der Waals surface area contributed by atoms with E-state index >= 15 is 0 Å². The summed E-state index contributed by atoms with van der Waals surface area (Å²) in [7, 11) is 0. The van der Waals surface area contributed by atoms with Gasteiger partial charge >= 0.3 is 5.97 Å². The average Bonchev–Trinajstić information content (AvgIpc) is 2.88. The molecule has 4 rings (SSSR count). The van der Waals surface area contributed by atoms with E-state index in [1.165, 1.54) is 6.92 Å². The maximum Gasteiger partial charge on any atom is 0.303 e. The Morgan fingerprint density at radius 1 is 0.914 bits per heavy atom. The molecule has 1 aliphatic heterocycles. The Bertz CT molecular complexity index is 988. The van der Waals surface area contributed by atoms with Gasteiger partial charge in [-0.2, -0.15) is 0 Å². The van der Waals surface area contributed by atoms with Gasteiger partial charge < -0.3 is 14.6 Å². The Hall–Kier alpha value is -2.99. The minimum absolute atomic E-state index is 0.120. The molecule has 1 saturated heterocycles. The summed E-state index contributed by atoms with van der Waals surface area (Å²) in [6, 6.07) is 30.3. The van der Waals surface area contributed by atoms with Gasteiger partial charge in [0.05, 0.1) is 6.10 Å². The molecule has 0 amide bonds. The zero-order valence-corrected chi connectivity index (χ0v) is 20.3. The highest BCUT2D eigenvalue weighted by atomic mass is 16.5. The third kappa shape index (κ3) is 7.25. The second-order valence-electron chi connectivity index (χ2n) is 9.25. The van der Waals surface area contributed by atoms with Crippen molar-refractivity contribution in [2.45, 2.75) is 38.1 Å². The van der Waals surface area contributed by atoms with Crippen molar-refractivity contribution in [2.24, 2.45) is 5.92 Å². The van der Waals surface area contributed by atoms with Crippen molar-refractivity contribution in [3.63, 3.8) is 0 Å². The molecule has 1 fully saturated rings. The van der Waals surface area contributed by atoms with Gasteiger partial charge in [0.1, 0.15) is 12.2 Å². The molecule has 0 aromatic heterocycles. The van der Waals surface area contributed by atoms with Gasteiger partial charge in [-0.15, -0.1) is 0 Å². The summed E-state index contributed by atoms with van der Waals surface area (Å²) in [6.45, 7) is 4.02. The van der Waals surface area contributed by atoms with E-state index in [0.717, 1.165) is 36.1 Å². The van der Waals surface area contributed by atoms with Crippen molar-refractivity contribution in [1.29, 1.82) is 0 Å². The van der Waals surface area contributed by atoms with E-state index in [-0.39, 0.29) is 24.1 Å². The van der Waals surface area contributed by atoms with Crippen molar-refractivity contribution < 1.29 is 19.4 Å². The van der Waals surface area contributed by atoms with Crippen LogP contribution in [0.5, 0.6) is 0 Å². The summed E-state index contributed by atoms with van der Waals surface area (Å²) < 4.78 is 12.0. The van der Waals surface area contributed by atoms with Gasteiger partial charge in [0.15, 0.2) is 0 Å². The third-order valence-electron chi connectivity index (χ3n) is 6.69. The Morgan fingerprint density at radius 2 is 1.46 bits per heavy atom. The quantitative estimate of drug-likeness (QED) is 0.412. The molecule has 35 heavy (non-hydrogen) atoms. The average molecular weight is 474 g/mol. The Morgan fingerprint density at radius 3 is 1.97 bits per heavy atom. The fourth-order valence-electron chi connectivity index (χ4n) is 4.84. The minimum atomic E-state index is -0.437. The highest BCUT2D eigenvalue weighted by molar-refractivity contribution is 5.66. The van der Waals surface area contributed by atoms with Crippen LogP contribution in [0.4, 0.5) is 0 Å². The van der Waals surface area contributed by atoms with Crippen LogP contribution in [0.25, 0.3) is 0 Å². The highest BCUT2D eigenvalue weighted by Gasteiger charge is 2.30. The molecule has 1 aliphatic rings. The number of aliphatic hydroxyl groups excluding tert-OH is 1. The van der Waals surface area contributed by atoms with Gasteiger partial charge in [0.25, 0.3) is 0 Å². The number of piperidine rings is 1. The molecule has 5 nitrogen and oxygen atoms in total. The smallest absolute Gasteiger partial charge is 0.303 e. The molecule has 1 heterocycles. The number of likely N-dealkylation sites (tertiary alicyclic amines) is 1. The summed E-state index contributed by atoms with van der Waals surface area (Å²) in [5.41, 5.74) is 3.23. The molecular formula is C30H35NO4. The second-order valence-corrected chi connectivity index (χ2v) is 9.25. The molecule has 0 aliphatic carbocycles. The predicted octanol–water partition coefficient (Wildman–Crippen LogP) is 5.17. The maximum atomic E-state index is 11.7. The van der Waals surface area contributed by atoms with Crippen LogP contribution in [-0.2, 0) is 14.3 Å². The maximum absolute atomic E-state index is 11.7. The Labute approximate surface area is 208 Å². The molecule has 5 heteroatoms. The van der Waals surface area contributed by atoms with Crippen molar-refractivity contribution in [3.8, 4) is 0 Å². The molecule has 184 valence electrons. The molecule has 0 radical (unpaired) electrons. The number of benzene rings is 3. The van der Waals surface area contributed by atoms with Crippen LogP contribution in [0.1, 0.15) is 48.7 Å². The molecule has 1 N–H and O–H groups in total. The largest absolute Gasteiger partial charge is 0.456 e. The molecule has 0 spiro atoms. The normalized spacial score (nSPS) is 19.4. The van der Waals surface area contributed by atoms with Crippen molar-refractivity contribution >= 4 is 5.97 Å². The number of rotatable bonds is 10. The first-order valence-corrected chi connectivity index (χ1v) is 12.4. The van der Waals surface area contributed by atoms with Gasteiger partial charge in [-0.1, -0.05) is 91.0 Å². The third-order valence-corrected chi connectivity index (χ3v) is 6.69. The molecule has 3 atom stereocenters. The summed E-state index contributed by atoms with van der Waals surface area (Å²) in [5.74, 6) is -0.111. The first-order chi connectivity index (χ1) is 17.1. The van der Waals surface area contributed by atoms with Gasteiger partial charge in [-0.05, 0) is 42.0 Å². The fraction of sp³-hybridized carbons (Fsp3) is 0.367. The molecular weight excluding hydrogens is 438 g/mol. The van der Waals surface area contributed by atoms with Crippen molar-refractivity contribution in [2.75, 3.05) is 26.2 Å². The number of β-amino-alcohol motifs (C(OH)–C–C–N with tert-alkyl or cyclic N) is 1. The van der Waals surface area contributed by atoms with Crippen LogP contribution in [0.15, 0.2) is 91.0 Å². The topological polar surface area (TPSA) is 59.0 Å². The SMILES string of the molecule is CC(=O)O[C@@H](CN1CC[C@H](CCOC(c2ccccc2)c2ccccc2)[C@@H](O)C1)c1ccccc1. The number of ether oxygens (including phenoxy) is 2. The predicted molar refractivity (Wildman–Crippen MR) is 137 cm³/mol. The number of esters is 1. The van der Waals surface area contributed by atoms with E-state index in [1.807, 2.05) is 66.7 Å². The van der Waals surface area contributed by atoms with Gasteiger partial charge in [-0.25, -0.2) is 0 Å². The van der Waals surface area contributed by atoms with Crippen molar-refractivity contribution in [1.82, 2.24) is 4.90 Å². The lowest BCUT2D eigenvalue weighted by Gasteiger charge is -2.37. The summed E-state index contributed by atoms with van der Waals surface area (Å²) in [4.78, 5) is 13.9. The zero-order valence-electron chi connectivity index (χ0n) is 20.3. The Kier molecular flexibility index (Phi) is 9.07. The van der Waals surface area contributed by atoms with Crippen LogP contribution < -0.4 is 0 Å². The number of aliphatic hydroxyl groups is 1. The molecule has 0 saturated carbocycles. The molecule has 0 unspecified atom stereocenters. The highest BCUT2D eigenvalue weighted by Crippen LogP contribution is 2.29. The van der Waals surface area contributed by atoms with E-state index in [4.69, 9.17) is 9.47 Å². The number of hydrogen-bond donors (Lipinski definition) is 1.